The Morgan fingerprint density at radius 2 is 1.40 bits per heavy atom. The van der Waals surface area contributed by atoms with Crippen LogP contribution >= 0.6 is 0 Å². The minimum Gasteiger partial charge on any atom is -0.489 e. The Bertz CT molecular complexity index is 574. The summed E-state index contributed by atoms with van der Waals surface area (Å²) in [6.07, 6.45) is 0. The van der Waals surface area contributed by atoms with Crippen molar-refractivity contribution in [2.75, 3.05) is 0 Å². The monoisotopic (exact) mass is 287 g/mol. The van der Waals surface area contributed by atoms with Gasteiger partial charge in [0, 0.05) is 6.07 Å². The Morgan fingerprint density at radius 3 is 1.90 bits per heavy atom. The average Bonchev–Trinajstić information content (AvgIpc) is 2.35. The predicted molar refractivity (Wildman–Crippen MR) is 65.8 cm³/mol. The van der Waals surface area contributed by atoms with E-state index in [0.717, 1.165) is 30.3 Å². The molecule has 0 spiro atoms. The first kappa shape index (κ1) is 14.4. The van der Waals surface area contributed by atoms with Crippen LogP contribution in [0, 0.1) is 11.6 Å². The Hall–Kier alpha value is -2.05. The van der Waals surface area contributed by atoms with Crippen LogP contribution in [0.3, 0.4) is 0 Å². The van der Waals surface area contributed by atoms with Gasteiger partial charge in [0.25, 0.3) is 0 Å². The second-order valence-corrected chi connectivity index (χ2v) is 4.21. The van der Waals surface area contributed by atoms with Crippen molar-refractivity contribution in [3.63, 3.8) is 0 Å². The molecule has 0 saturated heterocycles. The van der Waals surface area contributed by atoms with Gasteiger partial charge in [-0.2, -0.15) is 0 Å². The number of rotatable bonds is 4. The van der Waals surface area contributed by atoms with Crippen LogP contribution in [0.1, 0.15) is 5.56 Å². The molecule has 0 radical (unpaired) electrons. The van der Waals surface area contributed by atoms with Crippen LogP contribution in [-0.4, -0.2) is 6.98 Å². The standard InChI is InChI=1S/C13H9BF5O/c15-11-5-9(6-12(16)7-11)8-20-13-3-1-10(2-4-13)14(17,18)19/h1-7H,8H2/q-1. The zero-order valence-electron chi connectivity index (χ0n) is 10.1. The molecule has 0 fully saturated rings. The van der Waals surface area contributed by atoms with Crippen molar-refractivity contribution in [3.05, 3.63) is 59.7 Å². The fourth-order valence-corrected chi connectivity index (χ4v) is 1.64. The number of ether oxygens (including phenoxy) is 1. The molecule has 2 rings (SSSR count). The molecule has 2 aromatic rings. The van der Waals surface area contributed by atoms with E-state index in [0.29, 0.717) is 0 Å². The summed E-state index contributed by atoms with van der Waals surface area (Å²) in [6.45, 7) is -5.18. The van der Waals surface area contributed by atoms with Crippen LogP contribution in [0.15, 0.2) is 42.5 Å². The molecule has 0 saturated carbocycles. The molecule has 0 N–H and O–H groups in total. The number of halogens is 5. The zero-order valence-corrected chi connectivity index (χ0v) is 10.1. The normalized spacial score (nSPS) is 11.4. The minimum atomic E-state index is -5.04. The number of hydrogen-bond donors (Lipinski definition) is 0. The molecule has 106 valence electrons. The summed E-state index contributed by atoms with van der Waals surface area (Å²) in [5.41, 5.74) is -0.472. The smallest absolute Gasteiger partial charge is 0.489 e. The topological polar surface area (TPSA) is 9.23 Å². The van der Waals surface area contributed by atoms with Crippen LogP contribution in [0.2, 0.25) is 0 Å². The lowest BCUT2D eigenvalue weighted by atomic mass is 9.80. The lowest BCUT2D eigenvalue weighted by molar-refractivity contribution is 0.305. The molecule has 0 unspecified atom stereocenters. The van der Waals surface area contributed by atoms with E-state index in [9.17, 15) is 21.7 Å². The molecule has 0 aliphatic carbocycles. The molecule has 20 heavy (non-hydrogen) atoms. The molecule has 0 aliphatic rings. The minimum absolute atomic E-state index is 0.134. The van der Waals surface area contributed by atoms with Crippen molar-refractivity contribution < 1.29 is 26.5 Å². The summed E-state index contributed by atoms with van der Waals surface area (Å²) in [5, 5.41) is 0. The molecular formula is C13H9BF5O-. The quantitative estimate of drug-likeness (QED) is 0.616. The molecule has 0 atom stereocenters. The van der Waals surface area contributed by atoms with E-state index in [-0.39, 0.29) is 17.9 Å². The summed E-state index contributed by atoms with van der Waals surface area (Å²) in [7, 11) is 0. The van der Waals surface area contributed by atoms with Crippen LogP contribution < -0.4 is 10.2 Å². The highest BCUT2D eigenvalue weighted by Crippen LogP contribution is 2.16. The van der Waals surface area contributed by atoms with Crippen molar-refractivity contribution >= 4 is 12.4 Å². The molecule has 0 bridgehead atoms. The highest BCUT2D eigenvalue weighted by Gasteiger charge is 2.24. The van der Waals surface area contributed by atoms with Gasteiger partial charge in [0.2, 0.25) is 0 Å². The molecule has 0 aliphatic heterocycles. The third-order valence-corrected chi connectivity index (χ3v) is 2.59. The first-order valence-electron chi connectivity index (χ1n) is 5.72. The van der Waals surface area contributed by atoms with Crippen LogP contribution in [-0.2, 0) is 6.61 Å². The van der Waals surface area contributed by atoms with E-state index in [1.807, 2.05) is 0 Å². The zero-order chi connectivity index (χ0) is 14.8. The van der Waals surface area contributed by atoms with Crippen LogP contribution in [0.4, 0.5) is 21.7 Å². The van der Waals surface area contributed by atoms with E-state index in [1.54, 1.807) is 0 Å². The largest absolute Gasteiger partial charge is 0.509 e. The van der Waals surface area contributed by atoms with E-state index in [2.05, 4.69) is 0 Å². The summed E-state index contributed by atoms with van der Waals surface area (Å²) >= 11 is 0. The van der Waals surface area contributed by atoms with Gasteiger partial charge in [-0.1, -0.05) is 12.1 Å². The van der Waals surface area contributed by atoms with Crippen molar-refractivity contribution in [1.82, 2.24) is 0 Å². The summed E-state index contributed by atoms with van der Waals surface area (Å²) < 4.78 is 68.2. The third kappa shape index (κ3) is 3.72. The van der Waals surface area contributed by atoms with Gasteiger partial charge < -0.3 is 17.7 Å². The molecule has 0 heterocycles. The Kier molecular flexibility index (Phi) is 3.97. The van der Waals surface area contributed by atoms with Crippen molar-refractivity contribution in [2.45, 2.75) is 6.61 Å². The molecule has 2 aromatic carbocycles. The lowest BCUT2D eigenvalue weighted by Gasteiger charge is -2.15. The van der Waals surface area contributed by atoms with Gasteiger partial charge in [-0.3, -0.25) is 0 Å². The second kappa shape index (κ2) is 5.52. The molecule has 0 aromatic heterocycles. The first-order chi connectivity index (χ1) is 9.34. The van der Waals surface area contributed by atoms with E-state index in [1.165, 1.54) is 12.1 Å². The molecule has 7 heteroatoms. The maximum atomic E-state index is 12.9. The summed E-state index contributed by atoms with van der Waals surface area (Å²) in [5.74, 6) is -1.28. The maximum absolute atomic E-state index is 12.9. The highest BCUT2D eigenvalue weighted by atomic mass is 19.4. The Morgan fingerprint density at radius 1 is 0.850 bits per heavy atom. The predicted octanol–water partition coefficient (Wildman–Crippen LogP) is 3.60. The SMILES string of the molecule is Fc1cc(F)cc(COc2ccc([B-](F)(F)F)cc2)c1. The van der Waals surface area contributed by atoms with Gasteiger partial charge in [0.1, 0.15) is 24.0 Å². The summed E-state index contributed by atoms with van der Waals surface area (Å²) in [4.78, 5) is 0. The summed E-state index contributed by atoms with van der Waals surface area (Å²) in [6, 6.07) is 7.06. The Labute approximate surface area is 112 Å². The first-order valence-corrected chi connectivity index (χ1v) is 5.72. The fraction of sp³-hybridized carbons (Fsp3) is 0.0769. The molecule has 0 amide bonds. The van der Waals surface area contributed by atoms with Crippen LogP contribution in [0.25, 0.3) is 0 Å². The van der Waals surface area contributed by atoms with Gasteiger partial charge in [-0.25, -0.2) is 8.78 Å². The van der Waals surface area contributed by atoms with Gasteiger partial charge in [0.15, 0.2) is 0 Å². The fourth-order valence-electron chi connectivity index (χ4n) is 1.64. The third-order valence-electron chi connectivity index (χ3n) is 2.59. The highest BCUT2D eigenvalue weighted by molar-refractivity contribution is 6.73. The van der Waals surface area contributed by atoms with Crippen LogP contribution in [0.5, 0.6) is 5.75 Å². The average molecular weight is 287 g/mol. The van der Waals surface area contributed by atoms with Gasteiger partial charge >= 0.3 is 6.98 Å². The van der Waals surface area contributed by atoms with Crippen molar-refractivity contribution in [2.24, 2.45) is 0 Å². The van der Waals surface area contributed by atoms with Crippen molar-refractivity contribution in [3.8, 4) is 5.75 Å². The van der Waals surface area contributed by atoms with Gasteiger partial charge in [-0.15, -0.1) is 5.46 Å². The number of benzene rings is 2. The molecule has 1 nitrogen and oxygen atoms in total. The Balaban J connectivity index is 2.04. The van der Waals surface area contributed by atoms with Gasteiger partial charge in [0.05, 0.1) is 0 Å². The number of hydrogen-bond acceptors (Lipinski definition) is 1. The van der Waals surface area contributed by atoms with E-state index < -0.39 is 24.1 Å². The van der Waals surface area contributed by atoms with Crippen molar-refractivity contribution in [1.29, 1.82) is 0 Å². The second-order valence-electron chi connectivity index (χ2n) is 4.21. The molecular weight excluding hydrogens is 278 g/mol. The maximum Gasteiger partial charge on any atom is 0.509 e. The van der Waals surface area contributed by atoms with E-state index >= 15 is 0 Å². The van der Waals surface area contributed by atoms with E-state index in [4.69, 9.17) is 4.74 Å². The van der Waals surface area contributed by atoms with Gasteiger partial charge in [-0.05, 0) is 29.8 Å². The lowest BCUT2D eigenvalue weighted by Crippen LogP contribution is -2.33.